The van der Waals surface area contributed by atoms with E-state index in [2.05, 4.69) is 38.2 Å². The quantitative estimate of drug-likeness (QED) is 0.132. The summed E-state index contributed by atoms with van der Waals surface area (Å²) in [5.41, 5.74) is 3.57. The number of nitro groups is 1. The summed E-state index contributed by atoms with van der Waals surface area (Å²) in [7, 11) is 1.39. The molecule has 4 aromatic rings. The molecule has 2 atom stereocenters. The lowest BCUT2D eigenvalue weighted by Crippen LogP contribution is -2.32. The summed E-state index contributed by atoms with van der Waals surface area (Å²) in [5.74, 6) is -0.800. The molecule has 0 spiro atoms. The van der Waals surface area contributed by atoms with Crippen molar-refractivity contribution in [2.45, 2.75) is 46.6 Å². The van der Waals surface area contributed by atoms with E-state index in [1.807, 2.05) is 35.7 Å². The maximum Gasteiger partial charge on any atom is 0.339 e. The molecule has 0 saturated carbocycles. The van der Waals surface area contributed by atoms with E-state index in [1.165, 1.54) is 32.2 Å². The van der Waals surface area contributed by atoms with E-state index in [9.17, 15) is 19.7 Å². The molecule has 2 aromatic carbocycles. The second-order valence-corrected chi connectivity index (χ2v) is 12.6. The highest BCUT2D eigenvalue weighted by molar-refractivity contribution is 7.10. The summed E-state index contributed by atoms with van der Waals surface area (Å²) in [5, 5.41) is 16.6. The van der Waals surface area contributed by atoms with Gasteiger partial charge in [-0.1, -0.05) is 45.0 Å². The number of allylic oxidation sites excluding steroid dienone is 1. The Kier molecular flexibility index (Phi) is 8.32. The summed E-state index contributed by atoms with van der Waals surface area (Å²) in [4.78, 5) is 44.0. The normalized spacial score (nSPS) is 16.4. The van der Waals surface area contributed by atoms with Gasteiger partial charge in [-0.25, -0.2) is 9.78 Å². The standard InChI is InChI=1S/C33H33N3O6S/c1-19(31(37)35-27-18-22(36(39)40)12-13-28(27)41-5)42-32(38)29-24-10-6-7-11-26(24)34-30-20(16-23-9-8-14-43-23)15-21(17-25(29)30)33(2,3)4/h6-14,16,18-19,21H,15,17H2,1-5H3,(H,35,37)/b20-16-/t19-,21-/m1/s1. The van der Waals surface area contributed by atoms with Gasteiger partial charge in [0.05, 0.1) is 34.5 Å². The Morgan fingerprint density at radius 2 is 1.91 bits per heavy atom. The largest absolute Gasteiger partial charge is 0.495 e. The van der Waals surface area contributed by atoms with Crippen LogP contribution >= 0.6 is 11.3 Å². The van der Waals surface area contributed by atoms with Gasteiger partial charge in [-0.3, -0.25) is 14.9 Å². The predicted molar refractivity (Wildman–Crippen MR) is 168 cm³/mol. The Morgan fingerprint density at radius 1 is 1.14 bits per heavy atom. The minimum atomic E-state index is -1.21. The average molecular weight is 600 g/mol. The lowest BCUT2D eigenvalue weighted by Gasteiger charge is -2.36. The topological polar surface area (TPSA) is 121 Å². The third-order valence-corrected chi connectivity index (χ3v) is 8.63. The minimum absolute atomic E-state index is 0.0381. The smallest absolute Gasteiger partial charge is 0.339 e. The Morgan fingerprint density at radius 3 is 2.58 bits per heavy atom. The van der Waals surface area contributed by atoms with Crippen molar-refractivity contribution in [3.63, 3.8) is 0 Å². The zero-order chi connectivity index (χ0) is 30.9. The van der Waals surface area contributed by atoms with Crippen LogP contribution in [0.1, 0.15) is 60.6 Å². The molecule has 1 N–H and O–H groups in total. The second kappa shape index (κ2) is 12.0. The van der Waals surface area contributed by atoms with Crippen LogP contribution in [0.2, 0.25) is 0 Å². The number of nitro benzene ring substituents is 1. The summed E-state index contributed by atoms with van der Waals surface area (Å²) < 4.78 is 11.0. The molecule has 1 aliphatic carbocycles. The summed E-state index contributed by atoms with van der Waals surface area (Å²) >= 11 is 1.64. The van der Waals surface area contributed by atoms with E-state index in [-0.39, 0.29) is 28.5 Å². The summed E-state index contributed by atoms with van der Waals surface area (Å²) in [6.07, 6.45) is 2.40. The first-order chi connectivity index (χ1) is 20.5. The van der Waals surface area contributed by atoms with Crippen LogP contribution in [0.3, 0.4) is 0 Å². The maximum absolute atomic E-state index is 14.0. The van der Waals surface area contributed by atoms with E-state index in [1.54, 1.807) is 11.3 Å². The molecule has 2 heterocycles. The van der Waals surface area contributed by atoms with Crippen molar-refractivity contribution in [1.82, 2.24) is 4.98 Å². The Labute approximate surface area is 253 Å². The number of carbonyl (C=O) groups excluding carboxylic acids is 2. The number of hydrogen-bond donors (Lipinski definition) is 1. The highest BCUT2D eigenvalue weighted by Crippen LogP contribution is 2.45. The van der Waals surface area contributed by atoms with Gasteiger partial charge in [0.2, 0.25) is 0 Å². The SMILES string of the molecule is COc1ccc([N+](=O)[O-])cc1NC(=O)[C@@H](C)OC(=O)c1c2c(nc3ccccc13)/C(=C\c1cccs1)C[C@@H](C(C)(C)C)C2. The predicted octanol–water partition coefficient (Wildman–Crippen LogP) is 7.55. The van der Waals surface area contributed by atoms with Crippen LogP contribution in [0.15, 0.2) is 60.0 Å². The van der Waals surface area contributed by atoms with E-state index >= 15 is 0 Å². The number of nitrogens with zero attached hydrogens (tertiary/aromatic N) is 2. The fourth-order valence-corrected chi connectivity index (χ4v) is 6.01. The molecule has 0 bridgehead atoms. The number of anilines is 1. The number of methoxy groups -OCH3 is 1. The fourth-order valence-electron chi connectivity index (χ4n) is 5.33. The number of non-ortho nitro benzene ring substituents is 1. The van der Waals surface area contributed by atoms with Gasteiger partial charge in [0.1, 0.15) is 5.75 Å². The number of thiophene rings is 1. The van der Waals surface area contributed by atoms with Crippen LogP contribution in [0, 0.1) is 21.4 Å². The Bertz CT molecular complexity index is 1740. The van der Waals surface area contributed by atoms with Crippen LogP contribution in [0.25, 0.3) is 22.6 Å². The van der Waals surface area contributed by atoms with Crippen molar-refractivity contribution in [2.75, 3.05) is 12.4 Å². The van der Waals surface area contributed by atoms with Crippen molar-refractivity contribution in [3.8, 4) is 5.75 Å². The molecule has 10 heteroatoms. The molecule has 1 aliphatic rings. The molecule has 0 aliphatic heterocycles. The summed E-state index contributed by atoms with van der Waals surface area (Å²) in [6, 6.07) is 15.4. The number of esters is 1. The number of amides is 1. The number of hydrogen-bond acceptors (Lipinski definition) is 8. The number of para-hydroxylation sites is 1. The monoisotopic (exact) mass is 599 g/mol. The first-order valence-electron chi connectivity index (χ1n) is 14.0. The Hall–Kier alpha value is -4.57. The molecule has 5 rings (SSSR count). The van der Waals surface area contributed by atoms with Crippen molar-refractivity contribution in [2.24, 2.45) is 11.3 Å². The van der Waals surface area contributed by atoms with E-state index in [4.69, 9.17) is 14.5 Å². The van der Waals surface area contributed by atoms with Gasteiger partial charge in [-0.05, 0) is 71.9 Å². The molecule has 0 saturated heterocycles. The Balaban J connectivity index is 1.53. The molecule has 0 unspecified atom stereocenters. The summed E-state index contributed by atoms with van der Waals surface area (Å²) in [6.45, 7) is 8.07. The highest BCUT2D eigenvalue weighted by Gasteiger charge is 2.36. The highest BCUT2D eigenvalue weighted by atomic mass is 32.1. The molecule has 9 nitrogen and oxygen atoms in total. The minimum Gasteiger partial charge on any atom is -0.495 e. The molecule has 0 radical (unpaired) electrons. The third kappa shape index (κ3) is 6.29. The first kappa shape index (κ1) is 29.9. The van der Waals surface area contributed by atoms with E-state index < -0.39 is 22.9 Å². The molecular weight excluding hydrogens is 566 g/mol. The number of rotatable bonds is 7. The van der Waals surface area contributed by atoms with Crippen LogP contribution in [-0.2, 0) is 16.0 Å². The van der Waals surface area contributed by atoms with E-state index in [0.29, 0.717) is 22.9 Å². The third-order valence-electron chi connectivity index (χ3n) is 7.81. The number of pyridine rings is 1. The lowest BCUT2D eigenvalue weighted by atomic mass is 9.69. The number of benzene rings is 2. The first-order valence-corrected chi connectivity index (χ1v) is 14.8. The molecule has 1 amide bonds. The fraction of sp³-hybridized carbons (Fsp3) is 0.303. The lowest BCUT2D eigenvalue weighted by molar-refractivity contribution is -0.384. The van der Waals surface area contributed by atoms with E-state index in [0.717, 1.165) is 28.1 Å². The van der Waals surface area contributed by atoms with Gasteiger partial charge in [0.15, 0.2) is 6.10 Å². The van der Waals surface area contributed by atoms with Crippen LogP contribution in [-0.4, -0.2) is 35.0 Å². The zero-order valence-electron chi connectivity index (χ0n) is 24.7. The van der Waals surface area contributed by atoms with Crippen LogP contribution in [0.4, 0.5) is 11.4 Å². The molecule has 222 valence electrons. The van der Waals surface area contributed by atoms with Gasteiger partial charge in [0, 0.05) is 22.4 Å². The van der Waals surface area contributed by atoms with Gasteiger partial charge in [-0.2, -0.15) is 0 Å². The number of aromatic nitrogens is 1. The van der Waals surface area contributed by atoms with Gasteiger partial charge < -0.3 is 14.8 Å². The van der Waals surface area contributed by atoms with Gasteiger partial charge in [0.25, 0.3) is 11.6 Å². The van der Waals surface area contributed by atoms with Gasteiger partial charge in [-0.15, -0.1) is 11.3 Å². The number of ether oxygens (including phenoxy) is 2. The molecular formula is C33H33N3O6S. The van der Waals surface area contributed by atoms with Crippen LogP contribution < -0.4 is 10.1 Å². The molecule has 2 aromatic heterocycles. The van der Waals surface area contributed by atoms with Crippen molar-refractivity contribution >= 4 is 57.1 Å². The number of carbonyl (C=O) groups is 2. The van der Waals surface area contributed by atoms with Gasteiger partial charge >= 0.3 is 5.97 Å². The number of fused-ring (bicyclic) bond motifs is 2. The second-order valence-electron chi connectivity index (χ2n) is 11.7. The van der Waals surface area contributed by atoms with Crippen molar-refractivity contribution in [3.05, 3.63) is 91.8 Å². The average Bonchev–Trinajstić information content (AvgIpc) is 3.48. The molecule has 43 heavy (non-hydrogen) atoms. The number of nitrogens with one attached hydrogen (secondary N) is 1. The maximum atomic E-state index is 14.0. The van der Waals surface area contributed by atoms with Crippen LogP contribution in [0.5, 0.6) is 5.75 Å². The molecule has 0 fully saturated rings. The zero-order valence-corrected chi connectivity index (χ0v) is 25.5. The van der Waals surface area contributed by atoms with Crippen molar-refractivity contribution < 1.29 is 24.0 Å². The van der Waals surface area contributed by atoms with Crippen molar-refractivity contribution in [1.29, 1.82) is 0 Å².